The standard InChI is InChI=1S/C20H23N3O5S/c1-10-16-15(11(2)24)19(26)23(16)17(20(27)28)18(10)29-13-8-22(9-13)14(25)7-12-3-5-21-6-4-12/h3-6,10-11,13,15-16,24H,7-9H2,1-2H3,(H,27,28)/t10-,11-,15-,16-/m1/s1. The van der Waals surface area contributed by atoms with Crippen molar-refractivity contribution in [1.29, 1.82) is 0 Å². The molecule has 2 saturated heterocycles. The Labute approximate surface area is 172 Å². The number of aliphatic hydroxyl groups is 1. The summed E-state index contributed by atoms with van der Waals surface area (Å²) in [6.45, 7) is 4.57. The second-order valence-electron chi connectivity index (χ2n) is 7.84. The summed E-state index contributed by atoms with van der Waals surface area (Å²) in [6.07, 6.45) is 2.82. The minimum atomic E-state index is -1.12. The molecule has 9 heteroatoms. The van der Waals surface area contributed by atoms with Crippen LogP contribution < -0.4 is 0 Å². The Balaban J connectivity index is 1.40. The molecule has 3 aliphatic heterocycles. The normalized spacial score (nSPS) is 27.4. The van der Waals surface area contributed by atoms with Crippen LogP contribution in [0.25, 0.3) is 0 Å². The van der Waals surface area contributed by atoms with Crippen LogP contribution in [0.5, 0.6) is 0 Å². The van der Waals surface area contributed by atoms with Gasteiger partial charge in [-0.25, -0.2) is 4.79 Å². The first kappa shape index (κ1) is 19.9. The number of aliphatic hydroxyl groups excluding tert-OH is 1. The summed E-state index contributed by atoms with van der Waals surface area (Å²) in [5.74, 6) is -2.12. The number of carbonyl (C=O) groups excluding carboxylic acids is 2. The molecule has 1 aromatic heterocycles. The average molecular weight is 417 g/mol. The van der Waals surface area contributed by atoms with Gasteiger partial charge >= 0.3 is 5.97 Å². The predicted octanol–water partition coefficient (Wildman–Crippen LogP) is 0.722. The maximum Gasteiger partial charge on any atom is 0.353 e. The number of thioether (sulfide) groups is 1. The fourth-order valence-corrected chi connectivity index (χ4v) is 5.88. The van der Waals surface area contributed by atoms with Crippen LogP contribution in [-0.4, -0.2) is 73.3 Å². The van der Waals surface area contributed by atoms with Gasteiger partial charge in [-0.2, -0.15) is 0 Å². The van der Waals surface area contributed by atoms with Gasteiger partial charge in [0, 0.05) is 41.6 Å². The number of nitrogens with zero attached hydrogens (tertiary/aromatic N) is 3. The molecular weight excluding hydrogens is 394 g/mol. The van der Waals surface area contributed by atoms with E-state index in [9.17, 15) is 24.6 Å². The number of pyridine rings is 1. The van der Waals surface area contributed by atoms with E-state index >= 15 is 0 Å². The number of β-lactam (4-membered cyclic amide) rings is 1. The van der Waals surface area contributed by atoms with Crippen molar-refractivity contribution in [1.82, 2.24) is 14.8 Å². The number of aromatic nitrogens is 1. The lowest BCUT2D eigenvalue weighted by Gasteiger charge is -2.46. The molecule has 0 radical (unpaired) electrons. The molecule has 0 bridgehead atoms. The highest BCUT2D eigenvalue weighted by Gasteiger charge is 2.60. The van der Waals surface area contributed by atoms with E-state index in [0.717, 1.165) is 5.56 Å². The molecular formula is C20H23N3O5S. The molecule has 1 aromatic rings. The Kier molecular flexibility index (Phi) is 5.12. The van der Waals surface area contributed by atoms with Crippen LogP contribution in [0.3, 0.4) is 0 Å². The van der Waals surface area contributed by atoms with E-state index in [1.165, 1.54) is 16.7 Å². The lowest BCUT2D eigenvalue weighted by Crippen LogP contribution is -2.63. The van der Waals surface area contributed by atoms with Crippen LogP contribution in [0.15, 0.2) is 35.1 Å². The van der Waals surface area contributed by atoms with Gasteiger partial charge in [0.1, 0.15) is 5.70 Å². The highest BCUT2D eigenvalue weighted by atomic mass is 32.2. The zero-order chi connectivity index (χ0) is 20.9. The number of aliphatic carboxylic acids is 1. The number of amides is 2. The van der Waals surface area contributed by atoms with Crippen LogP contribution in [0.2, 0.25) is 0 Å². The SMILES string of the molecule is C[C@@H](O)[C@H]1C(=O)N2C(C(=O)O)=C(SC3CN(C(=O)Cc4ccncc4)C3)[C@H](C)[C@H]12. The number of fused-ring (bicyclic) bond motifs is 1. The zero-order valence-corrected chi connectivity index (χ0v) is 17.0. The van der Waals surface area contributed by atoms with Crippen molar-refractivity contribution in [3.63, 3.8) is 0 Å². The molecule has 0 unspecified atom stereocenters. The third-order valence-corrected chi connectivity index (χ3v) is 7.36. The molecule has 0 spiro atoms. The largest absolute Gasteiger partial charge is 0.477 e. The maximum absolute atomic E-state index is 12.4. The van der Waals surface area contributed by atoms with Gasteiger partial charge in [-0.05, 0) is 24.6 Å². The van der Waals surface area contributed by atoms with Gasteiger partial charge in [0.15, 0.2) is 0 Å². The monoisotopic (exact) mass is 417 g/mol. The Morgan fingerprint density at radius 2 is 1.97 bits per heavy atom. The van der Waals surface area contributed by atoms with Gasteiger partial charge in [0.05, 0.1) is 24.5 Å². The van der Waals surface area contributed by atoms with E-state index in [4.69, 9.17) is 0 Å². The Bertz CT molecular complexity index is 881. The summed E-state index contributed by atoms with van der Waals surface area (Å²) in [5, 5.41) is 19.7. The maximum atomic E-state index is 12.4. The van der Waals surface area contributed by atoms with Crippen molar-refractivity contribution in [3.05, 3.63) is 40.7 Å². The summed E-state index contributed by atoms with van der Waals surface area (Å²) in [6, 6.07) is 3.32. The van der Waals surface area contributed by atoms with E-state index in [1.807, 2.05) is 19.1 Å². The fourth-order valence-electron chi connectivity index (χ4n) is 4.36. The van der Waals surface area contributed by atoms with E-state index in [-0.39, 0.29) is 34.7 Å². The summed E-state index contributed by atoms with van der Waals surface area (Å²) < 4.78 is 0. The minimum absolute atomic E-state index is 0.0353. The predicted molar refractivity (Wildman–Crippen MR) is 106 cm³/mol. The molecule has 2 N–H and O–H groups in total. The second-order valence-corrected chi connectivity index (χ2v) is 9.18. The summed E-state index contributed by atoms with van der Waals surface area (Å²) in [5.41, 5.74) is 0.949. The summed E-state index contributed by atoms with van der Waals surface area (Å²) in [7, 11) is 0. The lowest BCUT2D eigenvalue weighted by molar-refractivity contribution is -0.163. The molecule has 2 fully saturated rings. The molecule has 0 aliphatic carbocycles. The number of hydrogen-bond acceptors (Lipinski definition) is 6. The van der Waals surface area contributed by atoms with Crippen LogP contribution in [0, 0.1) is 11.8 Å². The first-order valence-electron chi connectivity index (χ1n) is 9.61. The number of carboxylic acids is 1. The van der Waals surface area contributed by atoms with Gasteiger partial charge in [-0.15, -0.1) is 11.8 Å². The highest BCUT2D eigenvalue weighted by molar-refractivity contribution is 8.03. The molecule has 0 aromatic carbocycles. The third kappa shape index (κ3) is 3.32. The van der Waals surface area contributed by atoms with Gasteiger partial charge in [0.2, 0.25) is 11.8 Å². The third-order valence-electron chi connectivity index (χ3n) is 5.91. The summed E-state index contributed by atoms with van der Waals surface area (Å²) >= 11 is 1.45. The summed E-state index contributed by atoms with van der Waals surface area (Å²) in [4.78, 5) is 44.3. The molecule has 8 nitrogen and oxygen atoms in total. The van der Waals surface area contributed by atoms with Crippen molar-refractivity contribution < 1.29 is 24.6 Å². The smallest absolute Gasteiger partial charge is 0.353 e. The first-order chi connectivity index (χ1) is 13.8. The van der Waals surface area contributed by atoms with Crippen molar-refractivity contribution in [2.75, 3.05) is 13.1 Å². The average Bonchev–Trinajstić information content (AvgIpc) is 2.87. The van der Waals surface area contributed by atoms with Crippen molar-refractivity contribution in [2.24, 2.45) is 11.8 Å². The number of carboxylic acid groups (broad SMARTS) is 1. The zero-order valence-electron chi connectivity index (χ0n) is 16.2. The van der Waals surface area contributed by atoms with Crippen molar-refractivity contribution >= 4 is 29.5 Å². The van der Waals surface area contributed by atoms with Gasteiger partial charge in [-0.1, -0.05) is 6.92 Å². The number of rotatable bonds is 6. The van der Waals surface area contributed by atoms with Crippen molar-refractivity contribution in [3.8, 4) is 0 Å². The van der Waals surface area contributed by atoms with E-state index < -0.39 is 18.0 Å². The molecule has 2 amide bonds. The minimum Gasteiger partial charge on any atom is -0.477 e. The van der Waals surface area contributed by atoms with Crippen LogP contribution in [0.4, 0.5) is 0 Å². The van der Waals surface area contributed by atoms with E-state index in [2.05, 4.69) is 4.98 Å². The molecule has 3 aliphatic rings. The van der Waals surface area contributed by atoms with Gasteiger partial charge in [-0.3, -0.25) is 14.6 Å². The van der Waals surface area contributed by atoms with E-state index in [0.29, 0.717) is 24.4 Å². The van der Waals surface area contributed by atoms with Crippen LogP contribution in [-0.2, 0) is 20.8 Å². The molecule has 4 atom stereocenters. The first-order valence-corrected chi connectivity index (χ1v) is 10.5. The Morgan fingerprint density at radius 3 is 2.55 bits per heavy atom. The molecule has 154 valence electrons. The van der Waals surface area contributed by atoms with Gasteiger partial charge < -0.3 is 20.0 Å². The number of carbonyl (C=O) groups is 3. The molecule has 4 heterocycles. The Hall–Kier alpha value is -2.39. The number of hydrogen-bond donors (Lipinski definition) is 2. The Morgan fingerprint density at radius 1 is 1.31 bits per heavy atom. The second kappa shape index (κ2) is 7.46. The molecule has 0 saturated carbocycles. The topological polar surface area (TPSA) is 111 Å². The van der Waals surface area contributed by atoms with Crippen molar-refractivity contribution in [2.45, 2.75) is 37.7 Å². The van der Waals surface area contributed by atoms with Crippen LogP contribution in [0.1, 0.15) is 19.4 Å². The molecule has 4 rings (SSSR count). The highest BCUT2D eigenvalue weighted by Crippen LogP contribution is 2.51. The quantitative estimate of drug-likeness (QED) is 0.656. The van der Waals surface area contributed by atoms with Crippen LogP contribution >= 0.6 is 11.8 Å². The lowest BCUT2D eigenvalue weighted by atomic mass is 9.79. The van der Waals surface area contributed by atoms with E-state index in [1.54, 1.807) is 24.2 Å². The molecule has 29 heavy (non-hydrogen) atoms. The number of likely N-dealkylation sites (tertiary alicyclic amines) is 1. The van der Waals surface area contributed by atoms with Gasteiger partial charge in [0.25, 0.3) is 0 Å². The fraction of sp³-hybridized carbons (Fsp3) is 0.500.